The predicted molar refractivity (Wildman–Crippen MR) is 151 cm³/mol. The molecule has 0 saturated heterocycles. The summed E-state index contributed by atoms with van der Waals surface area (Å²) in [5, 5.41) is 3.54. The fourth-order valence-corrected chi connectivity index (χ4v) is 4.95. The molecule has 3 aromatic carbocycles. The van der Waals surface area contributed by atoms with E-state index in [2.05, 4.69) is 5.32 Å². The van der Waals surface area contributed by atoms with Crippen molar-refractivity contribution in [2.24, 2.45) is 0 Å². The highest BCUT2D eigenvalue weighted by Gasteiger charge is 2.75. The van der Waals surface area contributed by atoms with Crippen molar-refractivity contribution < 1.29 is 54.2 Å². The molecule has 246 valence electrons. The molecule has 1 aliphatic rings. The van der Waals surface area contributed by atoms with Gasteiger partial charge in [0.05, 0.1) is 19.3 Å². The summed E-state index contributed by atoms with van der Waals surface area (Å²) < 4.78 is 126. The van der Waals surface area contributed by atoms with Crippen LogP contribution in [0.15, 0.2) is 78.5 Å². The minimum Gasteiger partial charge on any atom is -0.497 e. The Kier molecular flexibility index (Phi) is 9.69. The molecule has 1 atom stereocenters. The first kappa shape index (κ1) is 34.3. The summed E-state index contributed by atoms with van der Waals surface area (Å²) in [7, 11) is 1.37. The lowest BCUT2D eigenvalue weighted by atomic mass is 9.74. The fraction of sp³-hybridized carbons (Fsp3) is 0.312. The molecule has 0 aliphatic carbocycles. The molecule has 6 nitrogen and oxygen atoms in total. The van der Waals surface area contributed by atoms with Crippen molar-refractivity contribution in [3.63, 3.8) is 0 Å². The minimum absolute atomic E-state index is 0.0163. The van der Waals surface area contributed by atoms with Crippen LogP contribution in [0.3, 0.4) is 0 Å². The predicted octanol–water partition coefficient (Wildman–Crippen LogP) is 7.48. The Morgan fingerprint density at radius 3 is 1.98 bits per heavy atom. The van der Waals surface area contributed by atoms with Crippen molar-refractivity contribution >= 4 is 17.4 Å². The third-order valence-electron chi connectivity index (χ3n) is 7.33. The Hall–Kier alpha value is -4.62. The summed E-state index contributed by atoms with van der Waals surface area (Å²) in [6.07, 6.45) is -11.4. The van der Waals surface area contributed by atoms with E-state index in [4.69, 9.17) is 9.47 Å². The van der Waals surface area contributed by atoms with Crippen LogP contribution >= 0.6 is 0 Å². The first-order chi connectivity index (χ1) is 21.5. The van der Waals surface area contributed by atoms with E-state index < -0.39 is 64.4 Å². The zero-order valence-electron chi connectivity index (χ0n) is 24.4. The summed E-state index contributed by atoms with van der Waals surface area (Å²) in [5.41, 5.74) is -7.72. The maximum absolute atomic E-state index is 16.7. The number of hydrogen-bond acceptors (Lipinski definition) is 4. The van der Waals surface area contributed by atoms with Gasteiger partial charge < -0.3 is 20.1 Å². The molecule has 2 N–H and O–H groups in total. The maximum Gasteiger partial charge on any atom is 0.422 e. The highest BCUT2D eigenvalue weighted by atomic mass is 19.4. The van der Waals surface area contributed by atoms with Crippen LogP contribution in [0.5, 0.6) is 11.5 Å². The van der Waals surface area contributed by atoms with Gasteiger partial charge in [-0.05, 0) is 67.3 Å². The van der Waals surface area contributed by atoms with Crippen molar-refractivity contribution in [2.75, 3.05) is 13.7 Å². The molecule has 3 aromatic rings. The van der Waals surface area contributed by atoms with Crippen LogP contribution in [-0.4, -0.2) is 43.8 Å². The lowest BCUT2D eigenvalue weighted by molar-refractivity contribution is -0.255. The molecular formula is C32H28F8N2O4. The molecular weight excluding hydrogens is 628 g/mol. The molecule has 0 saturated carbocycles. The first-order valence-electron chi connectivity index (χ1n) is 13.8. The highest BCUT2D eigenvalue weighted by molar-refractivity contribution is 6.10. The lowest BCUT2D eigenvalue weighted by Gasteiger charge is -2.46. The van der Waals surface area contributed by atoms with Crippen LogP contribution in [0.4, 0.5) is 35.1 Å². The molecule has 0 aromatic heterocycles. The second-order valence-corrected chi connectivity index (χ2v) is 10.5. The van der Waals surface area contributed by atoms with Crippen molar-refractivity contribution in [2.45, 2.75) is 50.0 Å². The standard InChI is InChI=1S/C32H28F8N2O4/c1-19-5-7-20(8-6-19)25-26(41-27(43)21-9-13-23(45-2)14-10-21)28(44)42-30(31(25,36)37,32(38,39)40)22-11-15-24(16-12-22)46-18-4-3-17-29(33,34)35/h5-16H,3-4,17-18H2,1-2H3,(H,41,43)(H,42,44). The number of unbranched alkanes of at least 4 members (excludes halogenated alkanes) is 1. The number of alkyl halides is 8. The minimum atomic E-state index is -5.78. The van der Waals surface area contributed by atoms with E-state index >= 15 is 8.78 Å². The second-order valence-electron chi connectivity index (χ2n) is 10.5. The number of amides is 2. The normalized spacial score (nSPS) is 18.2. The van der Waals surface area contributed by atoms with Gasteiger partial charge in [0.15, 0.2) is 0 Å². The Morgan fingerprint density at radius 1 is 0.848 bits per heavy atom. The van der Waals surface area contributed by atoms with E-state index in [9.17, 15) is 35.9 Å². The number of rotatable bonds is 10. The summed E-state index contributed by atoms with van der Waals surface area (Å²) in [6.45, 7) is 1.42. The zero-order chi connectivity index (χ0) is 33.9. The van der Waals surface area contributed by atoms with Gasteiger partial charge in [0.25, 0.3) is 11.8 Å². The number of carbonyl (C=O) groups is 2. The van der Waals surface area contributed by atoms with Crippen LogP contribution in [-0.2, 0) is 10.3 Å². The molecule has 14 heteroatoms. The van der Waals surface area contributed by atoms with Gasteiger partial charge in [-0.25, -0.2) is 0 Å². The quantitative estimate of drug-likeness (QED) is 0.175. The van der Waals surface area contributed by atoms with Gasteiger partial charge in [0.1, 0.15) is 17.2 Å². The van der Waals surface area contributed by atoms with Crippen LogP contribution in [0.25, 0.3) is 5.57 Å². The number of carbonyl (C=O) groups excluding carboxylic acids is 2. The number of methoxy groups -OCH3 is 1. The summed E-state index contributed by atoms with van der Waals surface area (Å²) in [5.74, 6) is -7.28. The number of benzene rings is 3. The monoisotopic (exact) mass is 656 g/mol. The smallest absolute Gasteiger partial charge is 0.422 e. The van der Waals surface area contributed by atoms with Gasteiger partial charge in [0.2, 0.25) is 5.54 Å². The van der Waals surface area contributed by atoms with Crippen molar-refractivity contribution in [3.8, 4) is 11.5 Å². The average Bonchev–Trinajstić information content (AvgIpc) is 2.98. The van der Waals surface area contributed by atoms with Crippen LogP contribution in [0.2, 0.25) is 0 Å². The summed E-state index contributed by atoms with van der Waals surface area (Å²) >= 11 is 0. The topological polar surface area (TPSA) is 76.7 Å². The largest absolute Gasteiger partial charge is 0.497 e. The molecule has 0 bridgehead atoms. The fourth-order valence-electron chi connectivity index (χ4n) is 4.95. The molecule has 0 radical (unpaired) electrons. The van der Waals surface area contributed by atoms with Crippen molar-refractivity contribution in [1.82, 2.24) is 10.6 Å². The number of aryl methyl sites for hydroxylation is 1. The Bertz CT molecular complexity index is 1580. The summed E-state index contributed by atoms with van der Waals surface area (Å²) in [4.78, 5) is 26.5. The highest BCUT2D eigenvalue weighted by Crippen LogP contribution is 2.57. The number of halogens is 8. The molecule has 0 fully saturated rings. The van der Waals surface area contributed by atoms with E-state index in [1.165, 1.54) is 48.8 Å². The molecule has 1 heterocycles. The molecule has 0 spiro atoms. The number of hydrogen-bond donors (Lipinski definition) is 2. The van der Waals surface area contributed by atoms with E-state index in [-0.39, 0.29) is 30.8 Å². The van der Waals surface area contributed by atoms with E-state index in [0.717, 1.165) is 24.3 Å². The van der Waals surface area contributed by atoms with Gasteiger partial charge >= 0.3 is 18.3 Å². The molecule has 2 amide bonds. The van der Waals surface area contributed by atoms with E-state index in [1.54, 1.807) is 6.92 Å². The average molecular weight is 657 g/mol. The molecule has 46 heavy (non-hydrogen) atoms. The SMILES string of the molecule is COc1ccc(C(=O)NC2=C(c3ccc(C)cc3)C(F)(F)C(c3ccc(OCCCCC(F)(F)F)cc3)(C(F)(F)F)NC2=O)cc1. The third kappa shape index (κ3) is 6.95. The molecule has 1 unspecified atom stereocenters. The Labute approximate surface area is 258 Å². The van der Waals surface area contributed by atoms with Crippen LogP contribution in [0.1, 0.15) is 46.3 Å². The zero-order valence-corrected chi connectivity index (χ0v) is 24.4. The summed E-state index contributed by atoms with van der Waals surface area (Å²) in [6, 6.07) is 13.6. The first-order valence-corrected chi connectivity index (χ1v) is 13.8. The maximum atomic E-state index is 16.7. The third-order valence-corrected chi connectivity index (χ3v) is 7.33. The number of nitrogens with one attached hydrogen (secondary N) is 2. The van der Waals surface area contributed by atoms with Gasteiger partial charge in [-0.2, -0.15) is 35.1 Å². The van der Waals surface area contributed by atoms with Crippen LogP contribution < -0.4 is 20.1 Å². The van der Waals surface area contributed by atoms with E-state index in [1.807, 2.05) is 0 Å². The van der Waals surface area contributed by atoms with Gasteiger partial charge in [-0.15, -0.1) is 0 Å². The van der Waals surface area contributed by atoms with E-state index in [0.29, 0.717) is 23.4 Å². The van der Waals surface area contributed by atoms with Crippen molar-refractivity contribution in [3.05, 3.63) is 101 Å². The second kappa shape index (κ2) is 13.0. The number of ether oxygens (including phenoxy) is 2. The van der Waals surface area contributed by atoms with Crippen LogP contribution in [0, 0.1) is 6.92 Å². The van der Waals surface area contributed by atoms with Gasteiger partial charge in [0, 0.05) is 12.0 Å². The van der Waals surface area contributed by atoms with Gasteiger partial charge in [-0.3, -0.25) is 9.59 Å². The molecule has 1 aliphatic heterocycles. The van der Waals surface area contributed by atoms with Gasteiger partial charge in [-0.1, -0.05) is 42.0 Å². The lowest BCUT2D eigenvalue weighted by Crippen LogP contribution is -2.70. The Morgan fingerprint density at radius 2 is 1.43 bits per heavy atom. The molecule has 4 rings (SSSR count). The van der Waals surface area contributed by atoms with Crippen molar-refractivity contribution in [1.29, 1.82) is 0 Å². The Balaban J connectivity index is 1.76.